The topological polar surface area (TPSA) is 74.3 Å². The Morgan fingerprint density at radius 3 is 1.87 bits per heavy atom. The van der Waals surface area contributed by atoms with Crippen LogP contribution in [0.4, 0.5) is 0 Å². The molecular formula is C8H19NO4S2. The highest BCUT2D eigenvalue weighted by molar-refractivity contribution is 7.91. The second kappa shape index (κ2) is 5.38. The Kier molecular flexibility index (Phi) is 5.39. The predicted molar refractivity (Wildman–Crippen MR) is 59.9 cm³/mol. The molecule has 15 heavy (non-hydrogen) atoms. The second-order valence-corrected chi connectivity index (χ2v) is 7.61. The number of nitrogens with zero attached hydrogens (tertiary/aromatic N) is 1. The second-order valence-electron chi connectivity index (χ2n) is 4.57. The van der Waals surface area contributed by atoms with Crippen molar-refractivity contribution in [1.29, 1.82) is 0 Å². The molecule has 0 aromatic carbocycles. The van der Waals surface area contributed by atoms with E-state index in [1.54, 1.807) is 0 Å². The average molecular weight is 257 g/mol. The van der Waals surface area contributed by atoms with Gasteiger partial charge in [-0.05, 0) is 6.26 Å². The first-order valence-corrected chi connectivity index (χ1v) is 7.87. The molecule has 5 nitrogen and oxygen atoms in total. The number of rotatable bonds is 1. The molecule has 2 atom stereocenters. The van der Waals surface area contributed by atoms with Gasteiger partial charge >= 0.3 is 0 Å². The minimum Gasteiger partial charge on any atom is -0.773 e. The fourth-order valence-corrected chi connectivity index (χ4v) is 3.38. The molecule has 1 rings (SSSR count). The van der Waals surface area contributed by atoms with E-state index in [4.69, 9.17) is 8.76 Å². The summed E-state index contributed by atoms with van der Waals surface area (Å²) in [5.74, 6) is 0.754. The van der Waals surface area contributed by atoms with Crippen molar-refractivity contribution < 1.29 is 21.7 Å². The van der Waals surface area contributed by atoms with E-state index >= 15 is 0 Å². The fourth-order valence-electron chi connectivity index (χ4n) is 1.39. The van der Waals surface area contributed by atoms with Gasteiger partial charge in [0, 0.05) is 6.42 Å². The molecule has 2 unspecified atom stereocenters. The van der Waals surface area contributed by atoms with Gasteiger partial charge in [0.05, 0.1) is 26.9 Å². The normalized spacial score (nSPS) is 26.6. The smallest absolute Gasteiger partial charge is 0.156 e. The third kappa shape index (κ3) is 6.99. The van der Waals surface area contributed by atoms with Crippen molar-refractivity contribution in [3.05, 3.63) is 0 Å². The summed E-state index contributed by atoms with van der Waals surface area (Å²) in [5.41, 5.74) is 0. The van der Waals surface area contributed by atoms with Crippen molar-refractivity contribution in [2.45, 2.75) is 12.5 Å². The van der Waals surface area contributed by atoms with Crippen molar-refractivity contribution >= 4 is 20.9 Å². The van der Waals surface area contributed by atoms with Gasteiger partial charge in [-0.2, -0.15) is 0 Å². The standard InChI is InChI=1S/C7H16NO2S.CH4O2S/c1-8(2,3)7-4-5-11(9,10)6-7;1-4(2)3/h7H,4-6H2,1-3H3;1H3,(H,2,3)/q+1;/p-1. The molecule has 0 amide bonds. The molecule has 0 radical (unpaired) electrons. The quantitative estimate of drug-likeness (QED) is 0.463. The van der Waals surface area contributed by atoms with Crippen LogP contribution in [0.15, 0.2) is 0 Å². The lowest BCUT2D eigenvalue weighted by Crippen LogP contribution is -2.45. The van der Waals surface area contributed by atoms with Crippen LogP contribution in [0.5, 0.6) is 0 Å². The lowest BCUT2D eigenvalue weighted by Gasteiger charge is -2.30. The zero-order valence-corrected chi connectivity index (χ0v) is 11.2. The molecular weight excluding hydrogens is 238 g/mol. The van der Waals surface area contributed by atoms with E-state index in [9.17, 15) is 8.42 Å². The SMILES string of the molecule is CS(=O)[O-].C[N+](C)(C)C1CCS(=O)(=O)C1. The molecule has 1 aliphatic heterocycles. The summed E-state index contributed by atoms with van der Waals surface area (Å²) in [7, 11) is 3.45. The Hall–Kier alpha value is 0.0200. The Bertz CT molecular complexity index is 314. The molecule has 0 aliphatic carbocycles. The van der Waals surface area contributed by atoms with Gasteiger partial charge in [0.15, 0.2) is 9.84 Å². The summed E-state index contributed by atoms with van der Waals surface area (Å²) in [6.07, 6.45) is 1.91. The van der Waals surface area contributed by atoms with Gasteiger partial charge in [-0.1, -0.05) is 11.1 Å². The van der Waals surface area contributed by atoms with Crippen LogP contribution in [-0.2, 0) is 20.9 Å². The first-order valence-electron chi connectivity index (χ1n) is 4.57. The van der Waals surface area contributed by atoms with Crippen molar-refractivity contribution in [1.82, 2.24) is 0 Å². The summed E-state index contributed by atoms with van der Waals surface area (Å²) in [5, 5.41) is 0. The molecule has 7 heteroatoms. The van der Waals surface area contributed by atoms with Gasteiger partial charge < -0.3 is 9.04 Å². The summed E-state index contributed by atoms with van der Waals surface area (Å²) in [4.78, 5) is 0. The number of hydrogen-bond acceptors (Lipinski definition) is 4. The van der Waals surface area contributed by atoms with E-state index in [-0.39, 0.29) is 0 Å². The average Bonchev–Trinajstić information content (AvgIpc) is 2.27. The zero-order chi connectivity index (χ0) is 12.3. The first-order chi connectivity index (χ1) is 6.54. The molecule has 0 N–H and O–H groups in total. The number of sulfone groups is 1. The minimum atomic E-state index is -2.69. The number of quaternary nitrogens is 1. The minimum absolute atomic E-state index is 0.306. The van der Waals surface area contributed by atoms with Gasteiger partial charge in [0.2, 0.25) is 0 Å². The molecule has 1 saturated heterocycles. The molecule has 0 spiro atoms. The van der Waals surface area contributed by atoms with Crippen LogP contribution in [-0.4, -0.2) is 66.6 Å². The third-order valence-corrected chi connectivity index (χ3v) is 4.05. The first kappa shape index (κ1) is 15.0. The summed E-state index contributed by atoms with van der Waals surface area (Å²) < 4.78 is 40.9. The van der Waals surface area contributed by atoms with E-state index in [1.807, 2.05) is 21.1 Å². The monoisotopic (exact) mass is 257 g/mol. The molecule has 0 saturated carbocycles. The van der Waals surface area contributed by atoms with E-state index in [0.29, 0.717) is 17.5 Å². The van der Waals surface area contributed by atoms with Gasteiger partial charge in [0.1, 0.15) is 11.8 Å². The Morgan fingerprint density at radius 2 is 1.73 bits per heavy atom. The molecule has 1 heterocycles. The molecule has 1 fully saturated rings. The van der Waals surface area contributed by atoms with Gasteiger partial charge in [-0.15, -0.1) is 0 Å². The van der Waals surface area contributed by atoms with Crippen molar-refractivity contribution in [3.8, 4) is 0 Å². The highest BCUT2D eigenvalue weighted by Crippen LogP contribution is 2.19. The van der Waals surface area contributed by atoms with Crippen LogP contribution in [0, 0.1) is 0 Å². The van der Waals surface area contributed by atoms with Crippen LogP contribution >= 0.6 is 0 Å². The Balaban J connectivity index is 0.000000423. The maximum atomic E-state index is 11.1. The molecule has 0 aromatic rings. The predicted octanol–water partition coefficient (Wildman–Crippen LogP) is -0.625. The van der Waals surface area contributed by atoms with E-state index in [2.05, 4.69) is 0 Å². The van der Waals surface area contributed by atoms with Crippen LogP contribution in [0.1, 0.15) is 6.42 Å². The lowest BCUT2D eigenvalue weighted by atomic mass is 10.2. The van der Waals surface area contributed by atoms with Gasteiger partial charge in [-0.3, -0.25) is 4.21 Å². The van der Waals surface area contributed by atoms with E-state index < -0.39 is 20.9 Å². The maximum Gasteiger partial charge on any atom is 0.156 e. The van der Waals surface area contributed by atoms with E-state index in [1.165, 1.54) is 0 Å². The van der Waals surface area contributed by atoms with Crippen molar-refractivity contribution in [2.24, 2.45) is 0 Å². The van der Waals surface area contributed by atoms with Crippen LogP contribution < -0.4 is 0 Å². The zero-order valence-electron chi connectivity index (χ0n) is 9.60. The van der Waals surface area contributed by atoms with Crippen LogP contribution in [0.25, 0.3) is 0 Å². The van der Waals surface area contributed by atoms with Crippen LogP contribution in [0.3, 0.4) is 0 Å². The lowest BCUT2D eigenvalue weighted by molar-refractivity contribution is -0.892. The fraction of sp³-hybridized carbons (Fsp3) is 1.00. The summed E-state index contributed by atoms with van der Waals surface area (Å²) in [6, 6.07) is 0.306. The molecule has 0 bridgehead atoms. The van der Waals surface area contributed by atoms with Crippen molar-refractivity contribution in [3.63, 3.8) is 0 Å². The highest BCUT2D eigenvalue weighted by atomic mass is 32.2. The highest BCUT2D eigenvalue weighted by Gasteiger charge is 2.36. The molecule has 0 aromatic heterocycles. The summed E-state index contributed by atoms with van der Waals surface area (Å²) >= 11 is -1.86. The third-order valence-electron chi connectivity index (χ3n) is 2.30. The molecule has 92 valence electrons. The van der Waals surface area contributed by atoms with Gasteiger partial charge in [-0.25, -0.2) is 8.42 Å². The number of hydrogen-bond donors (Lipinski definition) is 0. The van der Waals surface area contributed by atoms with Crippen molar-refractivity contribution in [2.75, 3.05) is 38.9 Å². The van der Waals surface area contributed by atoms with E-state index in [0.717, 1.165) is 17.2 Å². The molecule has 1 aliphatic rings. The summed E-state index contributed by atoms with van der Waals surface area (Å²) in [6.45, 7) is 0. The Labute approximate surface area is 94.3 Å². The maximum absolute atomic E-state index is 11.1. The Morgan fingerprint density at radius 1 is 1.33 bits per heavy atom. The largest absolute Gasteiger partial charge is 0.773 e. The van der Waals surface area contributed by atoms with Crippen LogP contribution in [0.2, 0.25) is 0 Å². The van der Waals surface area contributed by atoms with Gasteiger partial charge in [0.25, 0.3) is 0 Å².